The minimum atomic E-state index is 0.359. The molecule has 0 amide bonds. The molecule has 0 radical (unpaired) electrons. The Bertz CT molecular complexity index is 387. The Morgan fingerprint density at radius 1 is 1.26 bits per heavy atom. The van der Waals surface area contributed by atoms with E-state index in [1.165, 1.54) is 5.56 Å². The SMILES string of the molecule is CCOCc1ccc(CN=C(N)NC(C)CC)cc1. The van der Waals surface area contributed by atoms with E-state index < -0.39 is 0 Å². The number of hydrogen-bond donors (Lipinski definition) is 2. The highest BCUT2D eigenvalue weighted by atomic mass is 16.5. The van der Waals surface area contributed by atoms with E-state index in [2.05, 4.69) is 48.4 Å². The Hall–Kier alpha value is -1.55. The van der Waals surface area contributed by atoms with Crippen molar-refractivity contribution in [3.63, 3.8) is 0 Å². The van der Waals surface area contributed by atoms with Crippen LogP contribution < -0.4 is 11.1 Å². The van der Waals surface area contributed by atoms with Gasteiger partial charge in [0.2, 0.25) is 0 Å². The monoisotopic (exact) mass is 263 g/mol. The molecule has 0 saturated heterocycles. The molecule has 4 heteroatoms. The lowest BCUT2D eigenvalue weighted by atomic mass is 10.1. The van der Waals surface area contributed by atoms with Crippen molar-refractivity contribution in [3.05, 3.63) is 35.4 Å². The standard InChI is InChI=1S/C15H25N3O/c1-4-12(3)18-15(16)17-10-13-6-8-14(9-7-13)11-19-5-2/h6-9,12H,4-5,10-11H2,1-3H3,(H3,16,17,18). The van der Waals surface area contributed by atoms with Gasteiger partial charge in [-0.1, -0.05) is 31.2 Å². The predicted molar refractivity (Wildman–Crippen MR) is 80.0 cm³/mol. The largest absolute Gasteiger partial charge is 0.377 e. The van der Waals surface area contributed by atoms with Gasteiger partial charge in [0.25, 0.3) is 0 Å². The fourth-order valence-electron chi connectivity index (χ4n) is 1.54. The number of aliphatic imine (C=N–C) groups is 1. The van der Waals surface area contributed by atoms with Crippen LogP contribution in [0, 0.1) is 0 Å². The van der Waals surface area contributed by atoms with Crippen molar-refractivity contribution < 1.29 is 4.74 Å². The summed E-state index contributed by atoms with van der Waals surface area (Å²) < 4.78 is 5.36. The molecule has 1 aromatic rings. The maximum absolute atomic E-state index is 5.81. The molecule has 1 aromatic carbocycles. The molecule has 0 spiro atoms. The van der Waals surface area contributed by atoms with Crippen LogP contribution in [-0.4, -0.2) is 18.6 Å². The molecular weight excluding hydrogens is 238 g/mol. The molecule has 4 nitrogen and oxygen atoms in total. The number of ether oxygens (including phenoxy) is 1. The van der Waals surface area contributed by atoms with Crippen LogP contribution in [0.1, 0.15) is 38.3 Å². The fraction of sp³-hybridized carbons (Fsp3) is 0.533. The van der Waals surface area contributed by atoms with Gasteiger partial charge in [0.1, 0.15) is 0 Å². The van der Waals surface area contributed by atoms with Crippen LogP contribution in [0.25, 0.3) is 0 Å². The Kier molecular flexibility index (Phi) is 6.97. The Morgan fingerprint density at radius 3 is 2.47 bits per heavy atom. The lowest BCUT2D eigenvalue weighted by molar-refractivity contribution is 0.134. The Labute approximate surface area is 116 Å². The second-order valence-corrected chi connectivity index (χ2v) is 4.61. The highest BCUT2D eigenvalue weighted by Gasteiger charge is 1.99. The van der Waals surface area contributed by atoms with Gasteiger partial charge < -0.3 is 15.8 Å². The number of hydrogen-bond acceptors (Lipinski definition) is 2. The first-order valence-corrected chi connectivity index (χ1v) is 6.87. The Morgan fingerprint density at radius 2 is 1.89 bits per heavy atom. The van der Waals surface area contributed by atoms with Crippen LogP contribution in [0.3, 0.4) is 0 Å². The lowest BCUT2D eigenvalue weighted by Crippen LogP contribution is -2.38. The molecule has 0 saturated carbocycles. The summed E-state index contributed by atoms with van der Waals surface area (Å²) in [5.74, 6) is 0.507. The molecule has 1 atom stereocenters. The summed E-state index contributed by atoms with van der Waals surface area (Å²) in [6.45, 7) is 8.20. The normalized spacial score (nSPS) is 13.3. The van der Waals surface area contributed by atoms with Crippen LogP contribution in [0.15, 0.2) is 29.3 Å². The molecule has 0 aliphatic carbocycles. The lowest BCUT2D eigenvalue weighted by Gasteiger charge is -2.11. The maximum Gasteiger partial charge on any atom is 0.189 e. The van der Waals surface area contributed by atoms with Crippen molar-refractivity contribution in [3.8, 4) is 0 Å². The van der Waals surface area contributed by atoms with Crippen LogP contribution in [-0.2, 0) is 17.9 Å². The molecule has 3 N–H and O–H groups in total. The minimum absolute atomic E-state index is 0.359. The molecule has 1 unspecified atom stereocenters. The van der Waals surface area contributed by atoms with Crippen molar-refractivity contribution >= 4 is 5.96 Å². The van der Waals surface area contributed by atoms with E-state index in [1.54, 1.807) is 0 Å². The van der Waals surface area contributed by atoms with Crippen molar-refractivity contribution in [1.29, 1.82) is 0 Å². The van der Waals surface area contributed by atoms with Crippen LogP contribution in [0.2, 0.25) is 0 Å². The van der Waals surface area contributed by atoms with E-state index in [1.807, 2.05) is 6.92 Å². The predicted octanol–water partition coefficient (Wildman–Crippen LogP) is 2.43. The van der Waals surface area contributed by atoms with Gasteiger partial charge in [-0.05, 0) is 31.4 Å². The molecule has 0 heterocycles. The molecule has 0 aromatic heterocycles. The number of nitrogens with zero attached hydrogens (tertiary/aromatic N) is 1. The topological polar surface area (TPSA) is 59.6 Å². The first-order chi connectivity index (χ1) is 9.15. The second-order valence-electron chi connectivity index (χ2n) is 4.61. The van der Waals surface area contributed by atoms with Gasteiger partial charge in [-0.2, -0.15) is 0 Å². The van der Waals surface area contributed by atoms with Gasteiger partial charge in [-0.25, -0.2) is 4.99 Å². The third-order valence-corrected chi connectivity index (χ3v) is 2.93. The molecule has 0 aliphatic rings. The summed E-state index contributed by atoms with van der Waals surface area (Å²) in [7, 11) is 0. The summed E-state index contributed by atoms with van der Waals surface area (Å²) in [5.41, 5.74) is 8.14. The number of rotatable bonds is 7. The number of benzene rings is 1. The molecule has 1 rings (SSSR count). The quantitative estimate of drug-likeness (QED) is 0.586. The van der Waals surface area contributed by atoms with E-state index in [0.29, 0.717) is 25.2 Å². The summed E-state index contributed by atoms with van der Waals surface area (Å²) in [6, 6.07) is 8.62. The van der Waals surface area contributed by atoms with E-state index in [0.717, 1.165) is 18.6 Å². The van der Waals surface area contributed by atoms with Crippen molar-refractivity contribution in [2.45, 2.75) is 46.4 Å². The molecular formula is C15H25N3O. The molecule has 0 bridgehead atoms. The summed E-state index contributed by atoms with van der Waals surface area (Å²) in [6.07, 6.45) is 1.03. The highest BCUT2D eigenvalue weighted by Crippen LogP contribution is 2.06. The van der Waals surface area contributed by atoms with Crippen LogP contribution in [0.4, 0.5) is 0 Å². The third-order valence-electron chi connectivity index (χ3n) is 2.93. The zero-order valence-electron chi connectivity index (χ0n) is 12.1. The number of nitrogens with one attached hydrogen (secondary N) is 1. The number of nitrogens with two attached hydrogens (primary N) is 1. The van der Waals surface area contributed by atoms with Crippen LogP contribution >= 0.6 is 0 Å². The molecule has 0 aliphatic heterocycles. The van der Waals surface area contributed by atoms with E-state index >= 15 is 0 Å². The first kappa shape index (κ1) is 15.5. The third kappa shape index (κ3) is 6.25. The van der Waals surface area contributed by atoms with Gasteiger partial charge >= 0.3 is 0 Å². The van der Waals surface area contributed by atoms with Gasteiger partial charge in [-0.3, -0.25) is 0 Å². The molecule has 0 fully saturated rings. The smallest absolute Gasteiger partial charge is 0.189 e. The van der Waals surface area contributed by atoms with Gasteiger partial charge in [0, 0.05) is 12.6 Å². The zero-order chi connectivity index (χ0) is 14.1. The fourth-order valence-corrected chi connectivity index (χ4v) is 1.54. The molecule has 106 valence electrons. The second kappa shape index (κ2) is 8.53. The van der Waals surface area contributed by atoms with Crippen LogP contribution in [0.5, 0.6) is 0 Å². The van der Waals surface area contributed by atoms with Gasteiger partial charge in [0.05, 0.1) is 13.2 Å². The van der Waals surface area contributed by atoms with Crippen molar-refractivity contribution in [2.24, 2.45) is 10.7 Å². The Balaban J connectivity index is 2.46. The summed E-state index contributed by atoms with van der Waals surface area (Å²) in [5, 5.41) is 3.15. The van der Waals surface area contributed by atoms with Gasteiger partial charge in [0.15, 0.2) is 5.96 Å². The number of guanidine groups is 1. The average molecular weight is 263 g/mol. The summed E-state index contributed by atoms with van der Waals surface area (Å²) in [4.78, 5) is 4.33. The van der Waals surface area contributed by atoms with Crippen molar-refractivity contribution in [1.82, 2.24) is 5.32 Å². The van der Waals surface area contributed by atoms with Crippen molar-refractivity contribution in [2.75, 3.05) is 6.61 Å². The maximum atomic E-state index is 5.81. The molecule has 19 heavy (non-hydrogen) atoms. The summed E-state index contributed by atoms with van der Waals surface area (Å²) >= 11 is 0. The van der Waals surface area contributed by atoms with Gasteiger partial charge in [-0.15, -0.1) is 0 Å². The van der Waals surface area contributed by atoms with E-state index in [-0.39, 0.29) is 0 Å². The zero-order valence-corrected chi connectivity index (χ0v) is 12.1. The highest BCUT2D eigenvalue weighted by molar-refractivity contribution is 5.78. The first-order valence-electron chi connectivity index (χ1n) is 6.87. The average Bonchev–Trinajstić information content (AvgIpc) is 2.43. The van der Waals surface area contributed by atoms with E-state index in [9.17, 15) is 0 Å². The minimum Gasteiger partial charge on any atom is -0.377 e. The van der Waals surface area contributed by atoms with E-state index in [4.69, 9.17) is 10.5 Å².